The van der Waals surface area contributed by atoms with E-state index in [1.54, 1.807) is 24.3 Å². The van der Waals surface area contributed by atoms with Crippen LogP contribution in [-0.2, 0) is 25.6 Å². The zero-order chi connectivity index (χ0) is 19.7. The number of rotatable bonds is 5. The van der Waals surface area contributed by atoms with E-state index in [1.165, 1.54) is 18.7 Å². The molecule has 1 saturated heterocycles. The molecule has 0 spiro atoms. The van der Waals surface area contributed by atoms with Crippen molar-refractivity contribution in [3.8, 4) is 0 Å². The van der Waals surface area contributed by atoms with Crippen molar-refractivity contribution in [2.75, 3.05) is 5.75 Å². The summed E-state index contributed by atoms with van der Waals surface area (Å²) in [5.74, 6) is -2.35. The van der Waals surface area contributed by atoms with E-state index in [4.69, 9.17) is 11.6 Å². The Kier molecular flexibility index (Phi) is 5.43. The number of thioether (sulfide) groups is 1. The van der Waals surface area contributed by atoms with Gasteiger partial charge in [0.25, 0.3) is 5.91 Å². The molecule has 0 bridgehead atoms. The minimum atomic E-state index is -1.30. The molecule has 3 N–H and O–H groups in total. The number of amides is 3. The van der Waals surface area contributed by atoms with Crippen LogP contribution in [0, 0.1) is 0 Å². The summed E-state index contributed by atoms with van der Waals surface area (Å²) in [6, 6.07) is 5.98. The van der Waals surface area contributed by atoms with E-state index in [0.29, 0.717) is 5.02 Å². The Morgan fingerprint density at radius 1 is 1.30 bits per heavy atom. The van der Waals surface area contributed by atoms with E-state index in [9.17, 15) is 24.3 Å². The molecule has 3 amide bonds. The second-order valence-electron chi connectivity index (χ2n) is 6.07. The first-order valence-electron chi connectivity index (χ1n) is 8.00. The van der Waals surface area contributed by atoms with Crippen molar-refractivity contribution >= 4 is 47.1 Å². The van der Waals surface area contributed by atoms with E-state index < -0.39 is 29.2 Å². The highest BCUT2D eigenvalue weighted by atomic mass is 35.5. The highest BCUT2D eigenvalue weighted by molar-refractivity contribution is 8.00. The van der Waals surface area contributed by atoms with Crippen molar-refractivity contribution in [3.63, 3.8) is 0 Å². The van der Waals surface area contributed by atoms with Crippen LogP contribution in [-0.4, -0.2) is 50.9 Å². The lowest BCUT2D eigenvalue weighted by molar-refractivity contribution is -0.150. The van der Waals surface area contributed by atoms with Crippen LogP contribution >= 0.6 is 23.4 Å². The van der Waals surface area contributed by atoms with Crippen molar-refractivity contribution < 1.29 is 24.3 Å². The number of fused-ring (bicyclic) bond motifs is 1. The fourth-order valence-electron chi connectivity index (χ4n) is 2.94. The number of nitrogens with zero attached hydrogens (tertiary/aromatic N) is 1. The van der Waals surface area contributed by atoms with Gasteiger partial charge in [-0.25, -0.2) is 4.79 Å². The molecule has 2 atom stereocenters. The summed E-state index contributed by atoms with van der Waals surface area (Å²) in [5, 5.41) is 14.6. The predicted octanol–water partition coefficient (Wildman–Crippen LogP) is 0.715. The third kappa shape index (κ3) is 3.93. The Bertz CT molecular complexity index is 855. The molecule has 1 unspecified atom stereocenters. The van der Waals surface area contributed by atoms with Crippen LogP contribution in [0.5, 0.6) is 0 Å². The Morgan fingerprint density at radius 3 is 2.56 bits per heavy atom. The van der Waals surface area contributed by atoms with Crippen LogP contribution in [0.1, 0.15) is 12.5 Å². The third-order valence-electron chi connectivity index (χ3n) is 4.09. The van der Waals surface area contributed by atoms with E-state index in [1.807, 2.05) is 0 Å². The van der Waals surface area contributed by atoms with Gasteiger partial charge in [-0.05, 0) is 17.7 Å². The number of benzene rings is 1. The van der Waals surface area contributed by atoms with Crippen LogP contribution in [0.25, 0.3) is 0 Å². The molecule has 2 aliphatic heterocycles. The van der Waals surface area contributed by atoms with E-state index >= 15 is 0 Å². The predicted molar refractivity (Wildman–Crippen MR) is 98.7 cm³/mol. The molecule has 0 aliphatic carbocycles. The molecule has 0 radical (unpaired) electrons. The van der Waals surface area contributed by atoms with Gasteiger partial charge in [-0.15, -0.1) is 11.8 Å². The number of β-lactam (4-membered cyclic amide) rings is 1. The van der Waals surface area contributed by atoms with Gasteiger partial charge < -0.3 is 15.7 Å². The molecule has 142 valence electrons. The largest absolute Gasteiger partial charge is 0.477 e. The average Bonchev–Trinajstić information content (AvgIpc) is 2.60. The number of carboxylic acids is 1. The molecular weight excluding hydrogens is 394 g/mol. The number of halogens is 1. The molecule has 1 aromatic rings. The van der Waals surface area contributed by atoms with Gasteiger partial charge in [-0.2, -0.15) is 0 Å². The van der Waals surface area contributed by atoms with E-state index in [2.05, 4.69) is 10.6 Å². The fraction of sp³-hybridized carbons (Fsp3) is 0.294. The Morgan fingerprint density at radius 2 is 1.96 bits per heavy atom. The van der Waals surface area contributed by atoms with Gasteiger partial charge in [0, 0.05) is 17.7 Å². The maximum absolute atomic E-state index is 12.4. The number of aliphatic carboxylic acids is 1. The zero-order valence-corrected chi connectivity index (χ0v) is 15.8. The van der Waals surface area contributed by atoms with Crippen LogP contribution in [0.4, 0.5) is 0 Å². The molecule has 10 heteroatoms. The topological polar surface area (TPSA) is 116 Å². The van der Waals surface area contributed by atoms with Crippen molar-refractivity contribution in [1.82, 2.24) is 15.5 Å². The zero-order valence-electron chi connectivity index (χ0n) is 14.2. The number of carboxylic acid groups (broad SMARTS) is 1. The maximum Gasteiger partial charge on any atom is 0.354 e. The van der Waals surface area contributed by atoms with Crippen LogP contribution in [0.2, 0.25) is 5.02 Å². The monoisotopic (exact) mass is 409 g/mol. The quantitative estimate of drug-likeness (QED) is 0.617. The number of nitrogens with one attached hydrogen (secondary N) is 2. The lowest BCUT2D eigenvalue weighted by Gasteiger charge is -2.49. The Hall–Kier alpha value is -2.52. The Labute approximate surface area is 163 Å². The average molecular weight is 410 g/mol. The number of carbonyl (C=O) groups excluding carboxylic acids is 3. The van der Waals surface area contributed by atoms with Gasteiger partial charge >= 0.3 is 5.97 Å². The van der Waals surface area contributed by atoms with Crippen LogP contribution in [0.3, 0.4) is 0 Å². The van der Waals surface area contributed by atoms with Crippen LogP contribution in [0.15, 0.2) is 35.7 Å². The molecule has 1 fully saturated rings. The second kappa shape index (κ2) is 7.61. The molecule has 27 heavy (non-hydrogen) atoms. The van der Waals surface area contributed by atoms with Gasteiger partial charge in [-0.3, -0.25) is 19.3 Å². The van der Waals surface area contributed by atoms with Gasteiger partial charge in [0.05, 0.1) is 12.1 Å². The SMILES string of the molecule is CC(=O)NC1=C(C(=O)O)N2C(=O)C(NC(=O)Cc3ccc(Cl)cc3)[C@H]2SC1. The lowest BCUT2D eigenvalue weighted by atomic mass is 10.0. The van der Waals surface area contributed by atoms with Gasteiger partial charge in [0.1, 0.15) is 11.4 Å². The third-order valence-corrected chi connectivity index (χ3v) is 5.62. The summed E-state index contributed by atoms with van der Waals surface area (Å²) in [6.45, 7) is 1.26. The number of carbonyl (C=O) groups is 4. The maximum atomic E-state index is 12.4. The molecule has 2 heterocycles. The summed E-state index contributed by atoms with van der Waals surface area (Å²) in [5.41, 5.74) is 0.675. The standard InChI is InChI=1S/C17H16ClN3O5S/c1-8(22)19-11-7-27-16-13(15(24)21(16)14(11)17(25)26)20-12(23)6-9-2-4-10(18)5-3-9/h2-5,13,16H,6-7H2,1H3,(H,19,22)(H,20,23)(H,25,26)/t13?,16-/m1/s1. The highest BCUT2D eigenvalue weighted by Crippen LogP contribution is 2.39. The molecular formula is C17H16ClN3O5S. The lowest BCUT2D eigenvalue weighted by Crippen LogP contribution is -2.71. The first-order valence-corrected chi connectivity index (χ1v) is 9.43. The van der Waals surface area contributed by atoms with Gasteiger partial charge in [0.15, 0.2) is 5.70 Å². The highest BCUT2D eigenvalue weighted by Gasteiger charge is 2.54. The van der Waals surface area contributed by atoms with Crippen molar-refractivity contribution in [2.45, 2.75) is 24.8 Å². The molecule has 3 rings (SSSR count). The van der Waals surface area contributed by atoms with Crippen molar-refractivity contribution in [2.24, 2.45) is 0 Å². The molecule has 0 saturated carbocycles. The number of hydrogen-bond donors (Lipinski definition) is 3. The summed E-state index contributed by atoms with van der Waals surface area (Å²) in [7, 11) is 0. The molecule has 8 nitrogen and oxygen atoms in total. The summed E-state index contributed by atoms with van der Waals surface area (Å²) in [6.07, 6.45) is 0.0805. The normalized spacial score (nSPS) is 21.3. The second-order valence-corrected chi connectivity index (χ2v) is 7.61. The first-order chi connectivity index (χ1) is 12.8. The van der Waals surface area contributed by atoms with Crippen molar-refractivity contribution in [3.05, 3.63) is 46.2 Å². The molecule has 1 aromatic carbocycles. The fourth-order valence-corrected chi connectivity index (χ4v) is 4.35. The minimum Gasteiger partial charge on any atom is -0.477 e. The summed E-state index contributed by atoms with van der Waals surface area (Å²) >= 11 is 7.09. The smallest absolute Gasteiger partial charge is 0.354 e. The van der Waals surface area contributed by atoms with Gasteiger partial charge in [-0.1, -0.05) is 23.7 Å². The summed E-state index contributed by atoms with van der Waals surface area (Å²) < 4.78 is 0. The van der Waals surface area contributed by atoms with E-state index in [-0.39, 0.29) is 29.5 Å². The number of hydrogen-bond acceptors (Lipinski definition) is 5. The van der Waals surface area contributed by atoms with Gasteiger partial charge in [0.2, 0.25) is 11.8 Å². The van der Waals surface area contributed by atoms with E-state index in [0.717, 1.165) is 10.5 Å². The minimum absolute atomic E-state index is 0.0805. The Balaban J connectivity index is 1.69. The molecule has 0 aromatic heterocycles. The molecule has 2 aliphatic rings. The first kappa shape index (κ1) is 19.2. The van der Waals surface area contributed by atoms with Crippen molar-refractivity contribution in [1.29, 1.82) is 0 Å². The van der Waals surface area contributed by atoms with Crippen LogP contribution < -0.4 is 10.6 Å². The summed E-state index contributed by atoms with van der Waals surface area (Å²) in [4.78, 5) is 48.6.